The van der Waals surface area contributed by atoms with Crippen LogP contribution in [0.25, 0.3) is 0 Å². The van der Waals surface area contributed by atoms with E-state index < -0.39 is 36.8 Å². The van der Waals surface area contributed by atoms with Crippen molar-refractivity contribution < 1.29 is 31.1 Å². The summed E-state index contributed by atoms with van der Waals surface area (Å²) in [5.41, 5.74) is -0.792. The molecule has 0 aromatic heterocycles. The summed E-state index contributed by atoms with van der Waals surface area (Å²) in [6, 6.07) is 3.75. The summed E-state index contributed by atoms with van der Waals surface area (Å²) in [5.74, 6) is -0.393. The van der Waals surface area contributed by atoms with Crippen molar-refractivity contribution in [1.29, 1.82) is 0 Å². The maximum Gasteiger partial charge on any atom is 0.416 e. The van der Waals surface area contributed by atoms with Crippen molar-refractivity contribution in [2.75, 3.05) is 26.2 Å². The molecule has 3 N–H and O–H groups in total. The van der Waals surface area contributed by atoms with Crippen molar-refractivity contribution in [2.24, 2.45) is 4.99 Å². The number of carbonyl (C=O) groups is 1. The van der Waals surface area contributed by atoms with Crippen molar-refractivity contribution in [2.45, 2.75) is 25.7 Å². The summed E-state index contributed by atoms with van der Waals surface area (Å²) in [4.78, 5) is 15.6. The average molecular weight is 398 g/mol. The number of hydrogen-bond acceptors (Lipinski definition) is 2. The Bertz CT molecular complexity index is 625. The first kappa shape index (κ1) is 22.6. The number of halogens is 6. The second-order valence-corrected chi connectivity index (χ2v) is 5.38. The SMILES string of the molecule is CCNC(=NCCC(F)(F)F)NCCNC(=O)c1ccc(C(F)(F)F)cc1. The fourth-order valence-corrected chi connectivity index (χ4v) is 1.91. The molecule has 0 saturated carbocycles. The van der Waals surface area contributed by atoms with Gasteiger partial charge in [0.05, 0.1) is 18.5 Å². The third kappa shape index (κ3) is 9.15. The first-order chi connectivity index (χ1) is 12.5. The molecule has 1 rings (SSSR count). The molecule has 0 radical (unpaired) electrons. The van der Waals surface area contributed by atoms with E-state index in [4.69, 9.17) is 0 Å². The highest BCUT2D eigenvalue weighted by molar-refractivity contribution is 5.94. The minimum atomic E-state index is -4.48. The fraction of sp³-hybridized carbons (Fsp3) is 0.500. The highest BCUT2D eigenvalue weighted by Gasteiger charge is 2.30. The molecule has 1 aromatic carbocycles. The van der Waals surface area contributed by atoms with Crippen LogP contribution in [-0.2, 0) is 6.18 Å². The number of rotatable bonds is 7. The minimum Gasteiger partial charge on any atom is -0.357 e. The summed E-state index contributed by atoms with van der Waals surface area (Å²) in [5, 5.41) is 8.00. The molecule has 0 spiro atoms. The van der Waals surface area contributed by atoms with E-state index in [-0.39, 0.29) is 24.6 Å². The maximum atomic E-state index is 12.5. The summed E-state index contributed by atoms with van der Waals surface area (Å²) in [6.45, 7) is 2.02. The summed E-state index contributed by atoms with van der Waals surface area (Å²) >= 11 is 0. The molecule has 0 unspecified atom stereocenters. The molecule has 5 nitrogen and oxygen atoms in total. The maximum absolute atomic E-state index is 12.5. The summed E-state index contributed by atoms with van der Waals surface area (Å²) < 4.78 is 73.8. The lowest BCUT2D eigenvalue weighted by Gasteiger charge is -2.12. The lowest BCUT2D eigenvalue weighted by Crippen LogP contribution is -2.41. The first-order valence-electron chi connectivity index (χ1n) is 8.07. The van der Waals surface area contributed by atoms with Gasteiger partial charge in [-0.15, -0.1) is 0 Å². The predicted octanol–water partition coefficient (Wildman–Crippen LogP) is 2.94. The molecule has 0 aliphatic carbocycles. The Kier molecular flexibility index (Phi) is 8.38. The topological polar surface area (TPSA) is 65.5 Å². The van der Waals surface area contributed by atoms with Gasteiger partial charge in [0.1, 0.15) is 0 Å². The van der Waals surface area contributed by atoms with Gasteiger partial charge < -0.3 is 16.0 Å². The van der Waals surface area contributed by atoms with E-state index in [1.54, 1.807) is 6.92 Å². The van der Waals surface area contributed by atoms with Crippen LogP contribution in [0.5, 0.6) is 0 Å². The van der Waals surface area contributed by atoms with Gasteiger partial charge in [-0.05, 0) is 31.2 Å². The first-order valence-corrected chi connectivity index (χ1v) is 8.07. The number of aliphatic imine (C=N–C) groups is 1. The largest absolute Gasteiger partial charge is 0.416 e. The number of guanidine groups is 1. The second-order valence-electron chi connectivity index (χ2n) is 5.38. The van der Waals surface area contributed by atoms with Gasteiger partial charge in [-0.3, -0.25) is 9.79 Å². The molecule has 1 aromatic rings. The third-order valence-corrected chi connectivity index (χ3v) is 3.19. The molecule has 0 fully saturated rings. The summed E-state index contributed by atoms with van der Waals surface area (Å²) in [7, 11) is 0. The molecule has 1 amide bonds. The molecule has 152 valence electrons. The lowest BCUT2D eigenvalue weighted by molar-refractivity contribution is -0.137. The summed E-state index contributed by atoms with van der Waals surface area (Å²) in [6.07, 6.45) is -9.82. The van der Waals surface area contributed by atoms with Crippen LogP contribution in [-0.4, -0.2) is 44.2 Å². The van der Waals surface area contributed by atoms with Crippen molar-refractivity contribution in [3.05, 3.63) is 35.4 Å². The van der Waals surface area contributed by atoms with Gasteiger partial charge in [-0.1, -0.05) is 0 Å². The Balaban J connectivity index is 2.44. The van der Waals surface area contributed by atoms with E-state index in [9.17, 15) is 31.1 Å². The van der Waals surface area contributed by atoms with Crippen LogP contribution in [0.1, 0.15) is 29.3 Å². The Morgan fingerprint density at radius 3 is 2.07 bits per heavy atom. The zero-order valence-corrected chi connectivity index (χ0v) is 14.5. The van der Waals surface area contributed by atoms with Gasteiger partial charge in [-0.2, -0.15) is 26.3 Å². The average Bonchev–Trinajstić information content (AvgIpc) is 2.56. The van der Waals surface area contributed by atoms with Crippen LogP contribution in [0.4, 0.5) is 26.3 Å². The third-order valence-electron chi connectivity index (χ3n) is 3.19. The number of alkyl halides is 6. The second kappa shape index (κ2) is 10.0. The zero-order valence-electron chi connectivity index (χ0n) is 14.5. The Morgan fingerprint density at radius 2 is 1.56 bits per heavy atom. The van der Waals surface area contributed by atoms with Crippen molar-refractivity contribution in [3.8, 4) is 0 Å². The highest BCUT2D eigenvalue weighted by Crippen LogP contribution is 2.29. The van der Waals surface area contributed by atoms with E-state index in [1.807, 2.05) is 0 Å². The molecule has 0 aliphatic heterocycles. The molecule has 0 bridgehead atoms. The van der Waals surface area contributed by atoms with Crippen LogP contribution in [0.3, 0.4) is 0 Å². The Morgan fingerprint density at radius 1 is 0.963 bits per heavy atom. The number of hydrogen-bond donors (Lipinski definition) is 3. The number of nitrogens with zero attached hydrogens (tertiary/aromatic N) is 1. The standard InChI is InChI=1S/C16H20F6N4O/c1-2-23-14(25-8-7-15(17,18)19)26-10-9-24-13(27)11-3-5-12(6-4-11)16(20,21)22/h3-6H,2,7-10H2,1H3,(H,24,27)(H2,23,25,26). The molecule has 11 heteroatoms. The number of nitrogens with one attached hydrogen (secondary N) is 3. The zero-order chi connectivity index (χ0) is 20.5. The van der Waals surface area contributed by atoms with Crippen LogP contribution in [0.15, 0.2) is 29.3 Å². The van der Waals surface area contributed by atoms with Gasteiger partial charge in [-0.25, -0.2) is 0 Å². The van der Waals surface area contributed by atoms with E-state index >= 15 is 0 Å². The molecule has 0 atom stereocenters. The monoisotopic (exact) mass is 398 g/mol. The van der Waals surface area contributed by atoms with Gasteiger partial charge in [0, 0.05) is 25.2 Å². The molecular formula is C16H20F6N4O. The van der Waals surface area contributed by atoms with Crippen molar-refractivity contribution in [3.63, 3.8) is 0 Å². The molecule has 0 aliphatic rings. The van der Waals surface area contributed by atoms with E-state index in [0.29, 0.717) is 6.54 Å². The molecular weight excluding hydrogens is 378 g/mol. The molecule has 0 saturated heterocycles. The van der Waals surface area contributed by atoms with Crippen LogP contribution < -0.4 is 16.0 Å². The van der Waals surface area contributed by atoms with Crippen LogP contribution in [0, 0.1) is 0 Å². The van der Waals surface area contributed by atoms with E-state index in [0.717, 1.165) is 24.3 Å². The fourth-order valence-electron chi connectivity index (χ4n) is 1.91. The van der Waals surface area contributed by atoms with Crippen LogP contribution in [0.2, 0.25) is 0 Å². The molecule has 27 heavy (non-hydrogen) atoms. The number of benzene rings is 1. The normalized spacial score (nSPS) is 12.6. The van der Waals surface area contributed by atoms with Crippen molar-refractivity contribution >= 4 is 11.9 Å². The van der Waals surface area contributed by atoms with Gasteiger partial charge in [0.25, 0.3) is 5.91 Å². The predicted molar refractivity (Wildman–Crippen MR) is 88.4 cm³/mol. The number of carbonyl (C=O) groups excluding carboxylic acids is 1. The Hall–Kier alpha value is -2.46. The highest BCUT2D eigenvalue weighted by atomic mass is 19.4. The van der Waals surface area contributed by atoms with E-state index in [1.165, 1.54) is 0 Å². The quantitative estimate of drug-likeness (QED) is 0.286. The van der Waals surface area contributed by atoms with Crippen LogP contribution >= 0.6 is 0 Å². The minimum absolute atomic E-state index is 0.0637. The smallest absolute Gasteiger partial charge is 0.357 e. The number of amides is 1. The molecule has 0 heterocycles. The van der Waals surface area contributed by atoms with Gasteiger partial charge >= 0.3 is 12.4 Å². The Labute approximate surface area is 152 Å². The van der Waals surface area contributed by atoms with Gasteiger partial charge in [0.2, 0.25) is 0 Å². The van der Waals surface area contributed by atoms with Crippen molar-refractivity contribution in [1.82, 2.24) is 16.0 Å². The van der Waals surface area contributed by atoms with Gasteiger partial charge in [0.15, 0.2) is 5.96 Å². The van der Waals surface area contributed by atoms with E-state index in [2.05, 4.69) is 20.9 Å². The lowest BCUT2D eigenvalue weighted by atomic mass is 10.1.